The van der Waals surface area contributed by atoms with Crippen molar-refractivity contribution in [3.8, 4) is 11.4 Å². The molecule has 0 unspecified atom stereocenters. The van der Waals surface area contributed by atoms with Gasteiger partial charge in [-0.05, 0) is 36.9 Å². The van der Waals surface area contributed by atoms with Gasteiger partial charge in [0.05, 0.1) is 11.7 Å². The summed E-state index contributed by atoms with van der Waals surface area (Å²) in [7, 11) is 1.86. The monoisotopic (exact) mass is 348 g/mol. The average Bonchev–Trinajstić information content (AvgIpc) is 2.99. The van der Waals surface area contributed by atoms with E-state index in [9.17, 15) is 8.78 Å². The van der Waals surface area contributed by atoms with E-state index in [0.717, 1.165) is 11.6 Å². The summed E-state index contributed by atoms with van der Waals surface area (Å²) in [6.45, 7) is 0.874. The highest BCUT2D eigenvalue weighted by atomic mass is 35.5. The van der Waals surface area contributed by atoms with Crippen molar-refractivity contribution in [2.24, 2.45) is 0 Å². The maximum Gasteiger partial charge on any atom is 0.160 e. The van der Waals surface area contributed by atoms with Crippen LogP contribution in [0.1, 0.15) is 5.56 Å². The lowest BCUT2D eigenvalue weighted by atomic mass is 10.2. The fourth-order valence-electron chi connectivity index (χ4n) is 2.45. The first kappa shape index (κ1) is 16.5. The Hall–Kier alpha value is -2.31. The van der Waals surface area contributed by atoms with Crippen LogP contribution >= 0.6 is 11.6 Å². The molecule has 3 rings (SSSR count). The molecule has 0 aliphatic heterocycles. The van der Waals surface area contributed by atoms with Crippen LogP contribution in [0, 0.1) is 11.6 Å². The van der Waals surface area contributed by atoms with Crippen LogP contribution in [-0.4, -0.2) is 26.7 Å². The lowest BCUT2D eigenvalue weighted by Gasteiger charge is -2.18. The lowest BCUT2D eigenvalue weighted by molar-refractivity contribution is 0.247. The van der Waals surface area contributed by atoms with Crippen molar-refractivity contribution in [3.63, 3.8) is 0 Å². The first-order valence-corrected chi connectivity index (χ1v) is 7.67. The Kier molecular flexibility index (Phi) is 4.87. The number of aromatic nitrogens is 3. The van der Waals surface area contributed by atoms with E-state index in [4.69, 9.17) is 11.6 Å². The van der Waals surface area contributed by atoms with Crippen LogP contribution in [0.3, 0.4) is 0 Å². The number of hydrogen-bond acceptors (Lipinski definition) is 3. The molecule has 124 valence electrons. The third-order valence-corrected chi connectivity index (χ3v) is 3.87. The van der Waals surface area contributed by atoms with Crippen LogP contribution in [0.2, 0.25) is 5.02 Å². The Morgan fingerprint density at radius 1 is 1.12 bits per heavy atom. The summed E-state index contributed by atoms with van der Waals surface area (Å²) in [5.74, 6) is -1.05. The van der Waals surface area contributed by atoms with Gasteiger partial charge in [0.2, 0.25) is 0 Å². The van der Waals surface area contributed by atoms with Crippen molar-refractivity contribution < 1.29 is 8.78 Å². The minimum atomic E-state index is -0.849. The molecule has 0 aliphatic rings. The Morgan fingerprint density at radius 3 is 2.67 bits per heavy atom. The van der Waals surface area contributed by atoms with Gasteiger partial charge < -0.3 is 0 Å². The zero-order valence-electron chi connectivity index (χ0n) is 13.0. The summed E-state index contributed by atoms with van der Waals surface area (Å²) >= 11 is 6.21. The molecule has 3 aromatic rings. The van der Waals surface area contributed by atoms with Gasteiger partial charge in [0.25, 0.3) is 0 Å². The number of rotatable bonds is 5. The van der Waals surface area contributed by atoms with Crippen LogP contribution in [-0.2, 0) is 13.2 Å². The average molecular weight is 349 g/mol. The molecule has 2 aromatic carbocycles. The predicted molar refractivity (Wildman–Crippen MR) is 88.3 cm³/mol. The quantitative estimate of drug-likeness (QED) is 0.699. The molecule has 0 atom stereocenters. The Bertz CT molecular complexity index is 850. The second-order valence-electron chi connectivity index (χ2n) is 5.47. The second-order valence-corrected chi connectivity index (χ2v) is 5.87. The molecule has 1 aromatic heterocycles. The van der Waals surface area contributed by atoms with E-state index in [1.54, 1.807) is 16.8 Å². The van der Waals surface area contributed by atoms with Crippen molar-refractivity contribution in [1.82, 2.24) is 19.7 Å². The summed E-state index contributed by atoms with van der Waals surface area (Å²) in [4.78, 5) is 6.18. The summed E-state index contributed by atoms with van der Waals surface area (Å²) in [5, 5.41) is 4.81. The van der Waals surface area contributed by atoms with Gasteiger partial charge in [-0.15, -0.1) is 0 Å². The molecule has 7 heteroatoms. The summed E-state index contributed by atoms with van der Waals surface area (Å²) in [6, 6.07) is 11.3. The van der Waals surface area contributed by atoms with Gasteiger partial charge in [0.1, 0.15) is 6.33 Å². The molecule has 0 radical (unpaired) electrons. The van der Waals surface area contributed by atoms with E-state index >= 15 is 0 Å². The van der Waals surface area contributed by atoms with E-state index in [2.05, 4.69) is 10.1 Å². The van der Waals surface area contributed by atoms with Gasteiger partial charge in [0.15, 0.2) is 17.5 Å². The zero-order valence-corrected chi connectivity index (χ0v) is 13.7. The SMILES string of the molecule is CN(Cc1ccc(F)c(F)c1)Cn1ncnc1-c1ccccc1Cl. The van der Waals surface area contributed by atoms with Crippen molar-refractivity contribution in [3.05, 3.63) is 71.0 Å². The highest BCUT2D eigenvalue weighted by Crippen LogP contribution is 2.25. The zero-order chi connectivity index (χ0) is 17.1. The summed E-state index contributed by atoms with van der Waals surface area (Å²) in [6.07, 6.45) is 1.46. The molecule has 0 fully saturated rings. The van der Waals surface area contributed by atoms with E-state index in [0.29, 0.717) is 29.6 Å². The first-order chi connectivity index (χ1) is 11.5. The smallest absolute Gasteiger partial charge is 0.160 e. The third-order valence-electron chi connectivity index (χ3n) is 3.54. The molecule has 0 bridgehead atoms. The summed E-state index contributed by atoms with van der Waals surface area (Å²) < 4.78 is 28.0. The van der Waals surface area contributed by atoms with Gasteiger partial charge in [-0.25, -0.2) is 18.4 Å². The number of benzene rings is 2. The highest BCUT2D eigenvalue weighted by Gasteiger charge is 2.12. The molecule has 24 heavy (non-hydrogen) atoms. The van der Waals surface area contributed by atoms with Crippen LogP contribution in [0.25, 0.3) is 11.4 Å². The molecule has 0 saturated carbocycles. The Labute approximate surface area is 143 Å². The van der Waals surface area contributed by atoms with Gasteiger partial charge >= 0.3 is 0 Å². The molecular formula is C17H15ClF2N4. The first-order valence-electron chi connectivity index (χ1n) is 7.30. The highest BCUT2D eigenvalue weighted by molar-refractivity contribution is 6.33. The fraction of sp³-hybridized carbons (Fsp3) is 0.176. The molecule has 4 nitrogen and oxygen atoms in total. The molecule has 1 heterocycles. The fourth-order valence-corrected chi connectivity index (χ4v) is 2.67. The van der Waals surface area contributed by atoms with E-state index in [-0.39, 0.29) is 0 Å². The number of halogens is 3. The van der Waals surface area contributed by atoms with Crippen LogP contribution in [0.4, 0.5) is 8.78 Å². The largest absolute Gasteiger partial charge is 0.283 e. The van der Waals surface area contributed by atoms with Gasteiger partial charge in [-0.1, -0.05) is 29.8 Å². The van der Waals surface area contributed by atoms with Gasteiger partial charge in [0, 0.05) is 12.1 Å². The second kappa shape index (κ2) is 7.07. The lowest BCUT2D eigenvalue weighted by Crippen LogP contribution is -2.23. The van der Waals surface area contributed by atoms with Crippen molar-refractivity contribution in [2.75, 3.05) is 7.05 Å². The maximum atomic E-state index is 13.3. The van der Waals surface area contributed by atoms with Gasteiger partial charge in [-0.2, -0.15) is 5.10 Å². The van der Waals surface area contributed by atoms with Crippen LogP contribution in [0.5, 0.6) is 0 Å². The molecule has 0 aliphatic carbocycles. The minimum Gasteiger partial charge on any atom is -0.283 e. The molecule has 0 saturated heterocycles. The number of nitrogens with zero attached hydrogens (tertiary/aromatic N) is 4. The number of hydrogen-bond donors (Lipinski definition) is 0. The molecule has 0 amide bonds. The van der Waals surface area contributed by atoms with E-state index in [1.165, 1.54) is 12.4 Å². The van der Waals surface area contributed by atoms with Crippen LogP contribution in [0.15, 0.2) is 48.8 Å². The van der Waals surface area contributed by atoms with Crippen molar-refractivity contribution in [1.29, 1.82) is 0 Å². The molecule has 0 N–H and O–H groups in total. The predicted octanol–water partition coefficient (Wildman–Crippen LogP) is 3.97. The minimum absolute atomic E-state index is 0.430. The topological polar surface area (TPSA) is 34.0 Å². The van der Waals surface area contributed by atoms with Gasteiger partial charge in [-0.3, -0.25) is 4.90 Å². The molecular weight excluding hydrogens is 334 g/mol. The Morgan fingerprint density at radius 2 is 1.92 bits per heavy atom. The standard InChI is InChI=1S/C17H15ClF2N4/c1-23(9-12-6-7-15(19)16(20)8-12)11-24-17(21-10-22-24)13-4-2-3-5-14(13)18/h2-8,10H,9,11H2,1H3. The molecule has 0 spiro atoms. The van der Waals surface area contributed by atoms with Crippen molar-refractivity contribution >= 4 is 11.6 Å². The van der Waals surface area contributed by atoms with Crippen LogP contribution < -0.4 is 0 Å². The normalized spacial score (nSPS) is 11.2. The van der Waals surface area contributed by atoms with E-state index in [1.807, 2.05) is 30.1 Å². The maximum absolute atomic E-state index is 13.3. The summed E-state index contributed by atoms with van der Waals surface area (Å²) in [5.41, 5.74) is 1.47. The van der Waals surface area contributed by atoms with Crippen molar-refractivity contribution in [2.45, 2.75) is 13.2 Å². The Balaban J connectivity index is 1.76. The third kappa shape index (κ3) is 3.60. The van der Waals surface area contributed by atoms with E-state index < -0.39 is 11.6 Å².